The highest BCUT2D eigenvalue weighted by Gasteiger charge is 2.07. The van der Waals surface area contributed by atoms with Crippen LogP contribution in [0.15, 0.2) is 70.9 Å². The molecule has 0 aromatic heterocycles. The van der Waals surface area contributed by atoms with Crippen molar-refractivity contribution in [3.8, 4) is 12.1 Å². The Kier molecular flexibility index (Phi) is 7.47. The van der Waals surface area contributed by atoms with Crippen molar-refractivity contribution in [1.82, 2.24) is 10.9 Å². The third-order valence-corrected chi connectivity index (χ3v) is 3.56. The second-order valence-corrected chi connectivity index (χ2v) is 5.55. The Morgan fingerprint density at radius 2 is 1.19 bits per heavy atom. The van der Waals surface area contributed by atoms with Gasteiger partial charge in [0.15, 0.2) is 0 Å². The molecule has 0 radical (unpaired) electrons. The van der Waals surface area contributed by atoms with Gasteiger partial charge in [-0.2, -0.15) is 20.7 Å². The maximum Gasteiger partial charge on any atom is 0.207 e. The lowest BCUT2D eigenvalue weighted by Crippen LogP contribution is -2.28. The van der Waals surface area contributed by atoms with Crippen molar-refractivity contribution in [2.24, 2.45) is 10.2 Å². The van der Waals surface area contributed by atoms with Gasteiger partial charge in [-0.3, -0.25) is 10.9 Å². The van der Waals surface area contributed by atoms with Gasteiger partial charge in [0.2, 0.25) is 5.11 Å². The summed E-state index contributed by atoms with van der Waals surface area (Å²) in [5.41, 5.74) is 6.87. The first-order valence-corrected chi connectivity index (χ1v) is 8.17. The summed E-state index contributed by atoms with van der Waals surface area (Å²) in [6.07, 6.45) is 2.93. The van der Waals surface area contributed by atoms with Gasteiger partial charge < -0.3 is 0 Å². The molecule has 0 heterocycles. The van der Waals surface area contributed by atoms with Gasteiger partial charge in [-0.25, -0.2) is 0 Å². The molecule has 0 amide bonds. The average molecular weight is 360 g/mol. The lowest BCUT2D eigenvalue weighted by atomic mass is 10.0. The Morgan fingerprint density at radius 3 is 1.54 bits per heavy atom. The first kappa shape index (κ1) is 18.8. The molecule has 0 aliphatic rings. The highest BCUT2D eigenvalue weighted by atomic mass is 32.1. The predicted molar refractivity (Wildman–Crippen MR) is 105 cm³/mol. The number of hydrazone groups is 2. The molecular formula is C19H16N6S. The second kappa shape index (κ2) is 10.3. The van der Waals surface area contributed by atoms with E-state index in [1.165, 1.54) is 12.4 Å². The fourth-order valence-electron chi connectivity index (χ4n) is 2.07. The molecule has 2 aromatic rings. The molecule has 2 atom stereocenters. The molecule has 0 saturated heterocycles. The first-order chi connectivity index (χ1) is 12.7. The molecule has 0 aliphatic carbocycles. The van der Waals surface area contributed by atoms with E-state index in [2.05, 4.69) is 33.2 Å². The Balaban J connectivity index is 1.85. The normalized spacial score (nSPS) is 12.8. The van der Waals surface area contributed by atoms with Crippen LogP contribution in [0.2, 0.25) is 0 Å². The molecule has 0 fully saturated rings. The summed E-state index contributed by atoms with van der Waals surface area (Å²) in [5, 5.41) is 26.5. The minimum Gasteiger partial charge on any atom is -0.253 e. The van der Waals surface area contributed by atoms with Gasteiger partial charge >= 0.3 is 0 Å². The van der Waals surface area contributed by atoms with Crippen LogP contribution < -0.4 is 10.9 Å². The van der Waals surface area contributed by atoms with Crippen LogP contribution in [0.1, 0.15) is 23.0 Å². The number of hydrogen-bond donors (Lipinski definition) is 2. The summed E-state index contributed by atoms with van der Waals surface area (Å²) in [4.78, 5) is 0. The molecule has 0 unspecified atom stereocenters. The van der Waals surface area contributed by atoms with E-state index in [1.807, 2.05) is 60.7 Å². The van der Waals surface area contributed by atoms with Gasteiger partial charge in [0, 0.05) is 12.4 Å². The summed E-state index contributed by atoms with van der Waals surface area (Å²) >= 11 is 5.05. The fraction of sp³-hybridized carbons (Fsp3) is 0.105. The van der Waals surface area contributed by atoms with E-state index in [0.29, 0.717) is 0 Å². The van der Waals surface area contributed by atoms with Crippen LogP contribution in [0.4, 0.5) is 0 Å². The highest BCUT2D eigenvalue weighted by Crippen LogP contribution is 2.12. The Hall–Kier alpha value is -3.55. The molecule has 6 nitrogen and oxygen atoms in total. The van der Waals surface area contributed by atoms with Crippen molar-refractivity contribution in [2.75, 3.05) is 0 Å². The quantitative estimate of drug-likeness (QED) is 0.469. The lowest BCUT2D eigenvalue weighted by Gasteiger charge is -2.05. The molecule has 0 bridgehead atoms. The summed E-state index contributed by atoms with van der Waals surface area (Å²) in [6, 6.07) is 22.9. The van der Waals surface area contributed by atoms with E-state index in [4.69, 9.17) is 12.2 Å². The Morgan fingerprint density at radius 1 is 0.808 bits per heavy atom. The maximum absolute atomic E-state index is 9.21. The zero-order chi connectivity index (χ0) is 18.6. The molecular weight excluding hydrogens is 344 g/mol. The third kappa shape index (κ3) is 5.82. The molecule has 0 aliphatic heterocycles. The second-order valence-electron chi connectivity index (χ2n) is 5.14. The van der Waals surface area contributed by atoms with Crippen LogP contribution in [-0.2, 0) is 0 Å². The van der Waals surface area contributed by atoms with E-state index >= 15 is 0 Å². The van der Waals surface area contributed by atoms with E-state index in [1.54, 1.807) is 0 Å². The minimum absolute atomic E-state index is 0.159. The van der Waals surface area contributed by atoms with Gasteiger partial charge in [-0.15, -0.1) is 0 Å². The molecule has 2 N–H and O–H groups in total. The van der Waals surface area contributed by atoms with E-state index < -0.39 is 11.8 Å². The van der Waals surface area contributed by atoms with Gasteiger partial charge in [-0.1, -0.05) is 60.7 Å². The third-order valence-electron chi connectivity index (χ3n) is 3.37. The van der Waals surface area contributed by atoms with E-state index in [0.717, 1.165) is 11.1 Å². The minimum atomic E-state index is -0.476. The van der Waals surface area contributed by atoms with Crippen molar-refractivity contribution in [3.63, 3.8) is 0 Å². The summed E-state index contributed by atoms with van der Waals surface area (Å²) in [7, 11) is 0. The largest absolute Gasteiger partial charge is 0.253 e. The standard InChI is InChI=1S/C19H16N6S/c20-11-17(15-7-3-1-4-8-15)13-22-24-19(26)25-23-14-18(12-21)16-9-5-2-6-10-16/h1-10,13-14,17-18H,(H2,24,25,26)/b22-13-,23-14+/t17-,18-/m1/s1. The van der Waals surface area contributed by atoms with Gasteiger partial charge in [-0.05, 0) is 23.3 Å². The van der Waals surface area contributed by atoms with Crippen molar-refractivity contribution in [3.05, 3.63) is 71.8 Å². The molecule has 0 spiro atoms. The number of nitrogens with zero attached hydrogens (tertiary/aromatic N) is 4. The van der Waals surface area contributed by atoms with Crippen LogP contribution in [0.25, 0.3) is 0 Å². The number of nitrogens with one attached hydrogen (secondary N) is 2. The summed E-state index contributed by atoms with van der Waals surface area (Å²) in [6.45, 7) is 0. The average Bonchev–Trinajstić information content (AvgIpc) is 2.70. The van der Waals surface area contributed by atoms with Crippen molar-refractivity contribution >= 4 is 29.8 Å². The van der Waals surface area contributed by atoms with Crippen LogP contribution >= 0.6 is 12.2 Å². The SMILES string of the molecule is N#C[C@H](/C=N\NC(=S)N/N=C/[C@@H](C#N)c1ccccc1)c1ccccc1. The smallest absolute Gasteiger partial charge is 0.207 e. The van der Waals surface area contributed by atoms with Crippen LogP contribution in [0.3, 0.4) is 0 Å². The zero-order valence-corrected chi connectivity index (χ0v) is 14.6. The van der Waals surface area contributed by atoms with E-state index in [-0.39, 0.29) is 5.11 Å². The number of benzene rings is 2. The zero-order valence-electron chi connectivity index (χ0n) is 13.8. The topological polar surface area (TPSA) is 96.4 Å². The number of rotatable bonds is 6. The molecule has 2 aromatic carbocycles. The maximum atomic E-state index is 9.21. The number of nitriles is 2. The lowest BCUT2D eigenvalue weighted by molar-refractivity contribution is 0.921. The van der Waals surface area contributed by atoms with Crippen molar-refractivity contribution in [1.29, 1.82) is 10.5 Å². The van der Waals surface area contributed by atoms with Crippen LogP contribution in [-0.4, -0.2) is 17.5 Å². The molecule has 26 heavy (non-hydrogen) atoms. The fourth-order valence-corrected chi connectivity index (χ4v) is 2.18. The predicted octanol–water partition coefficient (Wildman–Crippen LogP) is 3.04. The summed E-state index contributed by atoms with van der Waals surface area (Å²) in [5.74, 6) is -0.952. The van der Waals surface area contributed by atoms with Gasteiger partial charge in [0.05, 0.1) is 12.1 Å². The monoisotopic (exact) mass is 360 g/mol. The van der Waals surface area contributed by atoms with Crippen LogP contribution in [0, 0.1) is 22.7 Å². The number of thiocarbonyl (C=S) groups is 1. The Labute approximate surface area is 157 Å². The molecule has 7 heteroatoms. The Bertz CT molecular complexity index is 778. The molecule has 128 valence electrons. The highest BCUT2D eigenvalue weighted by molar-refractivity contribution is 7.80. The van der Waals surface area contributed by atoms with Crippen LogP contribution in [0.5, 0.6) is 0 Å². The van der Waals surface area contributed by atoms with Crippen molar-refractivity contribution < 1.29 is 0 Å². The number of hydrogen-bond acceptors (Lipinski definition) is 5. The van der Waals surface area contributed by atoms with Crippen molar-refractivity contribution in [2.45, 2.75) is 11.8 Å². The van der Waals surface area contributed by atoms with E-state index in [9.17, 15) is 10.5 Å². The van der Waals surface area contributed by atoms with Gasteiger partial charge in [0.1, 0.15) is 11.8 Å². The molecule has 2 rings (SSSR count). The van der Waals surface area contributed by atoms with Gasteiger partial charge in [0.25, 0.3) is 0 Å². The summed E-state index contributed by atoms with van der Waals surface area (Å²) < 4.78 is 0. The first-order valence-electron chi connectivity index (χ1n) is 7.76. The molecule has 0 saturated carbocycles.